The smallest absolute Gasteiger partial charge is 0.145 e. The summed E-state index contributed by atoms with van der Waals surface area (Å²) in [5.41, 5.74) is 2.00. The Morgan fingerprint density at radius 2 is 2.05 bits per heavy atom. The van der Waals surface area contributed by atoms with Gasteiger partial charge >= 0.3 is 0 Å². The van der Waals surface area contributed by atoms with E-state index in [1.165, 1.54) is 0 Å². The minimum Gasteiger partial charge on any atom is -0.494 e. The second-order valence-corrected chi connectivity index (χ2v) is 6.32. The van der Waals surface area contributed by atoms with Gasteiger partial charge in [0.2, 0.25) is 0 Å². The summed E-state index contributed by atoms with van der Waals surface area (Å²) in [5, 5.41) is 5.88. The molecule has 2 aromatic heterocycles. The lowest BCUT2D eigenvalue weighted by Crippen LogP contribution is -2.10. The number of hydrogen-bond acceptors (Lipinski definition) is 5. The third kappa shape index (κ3) is 2.71. The van der Waals surface area contributed by atoms with E-state index < -0.39 is 0 Å². The average Bonchev–Trinajstić information content (AvgIpc) is 2.90. The SMILES string of the molecule is COc1ccc2cnn(C)c2c1N(C)Sc1ccc(Cl)nc1. The number of benzene rings is 1. The fourth-order valence-electron chi connectivity index (χ4n) is 2.32. The molecule has 0 atom stereocenters. The van der Waals surface area contributed by atoms with Crippen LogP contribution in [0.25, 0.3) is 10.9 Å². The predicted octanol–water partition coefficient (Wildman–Crippen LogP) is 3.77. The van der Waals surface area contributed by atoms with Gasteiger partial charge in [0.1, 0.15) is 16.6 Å². The van der Waals surface area contributed by atoms with Crippen LogP contribution in [0.2, 0.25) is 5.15 Å². The van der Waals surface area contributed by atoms with Crippen LogP contribution in [0, 0.1) is 0 Å². The zero-order valence-electron chi connectivity index (χ0n) is 12.4. The maximum Gasteiger partial charge on any atom is 0.145 e. The van der Waals surface area contributed by atoms with Crippen LogP contribution in [0.15, 0.2) is 41.6 Å². The van der Waals surface area contributed by atoms with Gasteiger partial charge in [-0.25, -0.2) is 4.98 Å². The Labute approximate surface area is 138 Å². The van der Waals surface area contributed by atoms with Crippen molar-refractivity contribution < 1.29 is 4.74 Å². The van der Waals surface area contributed by atoms with Gasteiger partial charge in [-0.2, -0.15) is 5.10 Å². The highest BCUT2D eigenvalue weighted by molar-refractivity contribution is 8.00. The first kappa shape index (κ1) is 15.0. The topological polar surface area (TPSA) is 43.2 Å². The summed E-state index contributed by atoms with van der Waals surface area (Å²) in [6, 6.07) is 7.68. The number of methoxy groups -OCH3 is 1. The number of aryl methyl sites for hydroxylation is 1. The monoisotopic (exact) mass is 334 g/mol. The molecule has 0 N–H and O–H groups in total. The molecule has 5 nitrogen and oxygen atoms in total. The minimum absolute atomic E-state index is 0.485. The normalized spacial score (nSPS) is 10.9. The van der Waals surface area contributed by atoms with Gasteiger partial charge in [0.25, 0.3) is 0 Å². The number of nitrogens with zero attached hydrogens (tertiary/aromatic N) is 4. The van der Waals surface area contributed by atoms with E-state index in [4.69, 9.17) is 16.3 Å². The van der Waals surface area contributed by atoms with Gasteiger partial charge in [-0.15, -0.1) is 0 Å². The van der Waals surface area contributed by atoms with Crippen molar-refractivity contribution in [1.82, 2.24) is 14.8 Å². The Morgan fingerprint density at radius 3 is 2.73 bits per heavy atom. The van der Waals surface area contributed by atoms with Crippen molar-refractivity contribution >= 4 is 40.1 Å². The first-order chi connectivity index (χ1) is 10.6. The van der Waals surface area contributed by atoms with E-state index in [1.807, 2.05) is 47.5 Å². The van der Waals surface area contributed by atoms with Gasteiger partial charge in [0, 0.05) is 30.6 Å². The zero-order valence-corrected chi connectivity index (χ0v) is 14.0. The Hall–Kier alpha value is -1.92. The molecular formula is C15H15ClN4OS. The lowest BCUT2D eigenvalue weighted by Gasteiger charge is -2.21. The number of pyridine rings is 1. The summed E-state index contributed by atoms with van der Waals surface area (Å²) in [7, 11) is 5.58. The van der Waals surface area contributed by atoms with Crippen molar-refractivity contribution in [2.24, 2.45) is 7.05 Å². The van der Waals surface area contributed by atoms with Crippen LogP contribution in [-0.4, -0.2) is 28.9 Å². The van der Waals surface area contributed by atoms with Gasteiger partial charge in [-0.3, -0.25) is 4.68 Å². The molecule has 0 aliphatic heterocycles. The molecule has 0 unspecified atom stereocenters. The largest absolute Gasteiger partial charge is 0.494 e. The first-order valence-corrected chi connectivity index (χ1v) is 7.77. The minimum atomic E-state index is 0.485. The average molecular weight is 335 g/mol. The molecule has 0 spiro atoms. The maximum absolute atomic E-state index is 5.83. The van der Waals surface area contributed by atoms with Crippen molar-refractivity contribution in [2.45, 2.75) is 4.90 Å². The number of fused-ring (bicyclic) bond motifs is 1. The fraction of sp³-hybridized carbons (Fsp3) is 0.200. The summed E-state index contributed by atoms with van der Waals surface area (Å²) in [6.45, 7) is 0. The Bertz CT molecular complexity index is 803. The first-order valence-electron chi connectivity index (χ1n) is 6.62. The molecule has 114 valence electrons. The van der Waals surface area contributed by atoms with E-state index >= 15 is 0 Å². The molecule has 3 aromatic rings. The van der Waals surface area contributed by atoms with Crippen molar-refractivity contribution in [3.05, 3.63) is 41.8 Å². The third-order valence-corrected chi connectivity index (χ3v) is 4.45. The van der Waals surface area contributed by atoms with Crippen LogP contribution in [0.5, 0.6) is 5.75 Å². The highest BCUT2D eigenvalue weighted by atomic mass is 35.5. The fourth-order valence-corrected chi connectivity index (χ4v) is 3.24. The van der Waals surface area contributed by atoms with Crippen molar-refractivity contribution in [1.29, 1.82) is 0 Å². The van der Waals surface area contributed by atoms with E-state index in [-0.39, 0.29) is 0 Å². The number of rotatable bonds is 4. The number of ether oxygens (including phenoxy) is 1. The molecule has 1 aromatic carbocycles. The number of hydrogen-bond donors (Lipinski definition) is 0. The van der Waals surface area contributed by atoms with Crippen molar-refractivity contribution in [3.63, 3.8) is 0 Å². The van der Waals surface area contributed by atoms with E-state index in [0.29, 0.717) is 5.15 Å². The Morgan fingerprint density at radius 1 is 1.23 bits per heavy atom. The summed E-state index contributed by atoms with van der Waals surface area (Å²) in [6.07, 6.45) is 3.60. The van der Waals surface area contributed by atoms with E-state index in [9.17, 15) is 0 Å². The standard InChI is InChI=1S/C15H15ClN4OS/c1-19-14-10(8-18-19)4-6-12(21-3)15(14)20(2)22-11-5-7-13(16)17-9-11/h4-9H,1-3H3. The molecule has 0 aliphatic carbocycles. The maximum atomic E-state index is 5.83. The molecule has 22 heavy (non-hydrogen) atoms. The second-order valence-electron chi connectivity index (χ2n) is 4.73. The highest BCUT2D eigenvalue weighted by Crippen LogP contribution is 2.39. The van der Waals surface area contributed by atoms with Crippen LogP contribution >= 0.6 is 23.5 Å². The Balaban J connectivity index is 2.03. The Kier molecular flexibility index (Phi) is 4.13. The van der Waals surface area contributed by atoms with E-state index in [2.05, 4.69) is 10.1 Å². The molecule has 0 amide bonds. The number of aromatic nitrogens is 3. The van der Waals surface area contributed by atoms with Crippen molar-refractivity contribution in [2.75, 3.05) is 18.5 Å². The second kappa shape index (κ2) is 6.06. The molecule has 0 aliphatic rings. The summed E-state index contributed by atoms with van der Waals surface area (Å²) >= 11 is 7.38. The molecule has 0 fully saturated rings. The molecule has 0 saturated carbocycles. The van der Waals surface area contributed by atoms with Crippen LogP contribution < -0.4 is 9.04 Å². The van der Waals surface area contributed by atoms with Gasteiger partial charge in [-0.05, 0) is 36.2 Å². The van der Waals surface area contributed by atoms with E-state index in [1.54, 1.807) is 31.3 Å². The lowest BCUT2D eigenvalue weighted by atomic mass is 10.2. The van der Waals surface area contributed by atoms with Gasteiger partial charge in [-0.1, -0.05) is 11.6 Å². The molecule has 2 heterocycles. The van der Waals surface area contributed by atoms with Gasteiger partial charge in [0.05, 0.1) is 18.8 Å². The van der Waals surface area contributed by atoms with Crippen LogP contribution in [0.1, 0.15) is 0 Å². The predicted molar refractivity (Wildman–Crippen MR) is 90.8 cm³/mol. The third-order valence-electron chi connectivity index (χ3n) is 3.32. The van der Waals surface area contributed by atoms with Crippen molar-refractivity contribution in [3.8, 4) is 5.75 Å². The lowest BCUT2D eigenvalue weighted by molar-refractivity contribution is 0.416. The molecule has 0 saturated heterocycles. The summed E-state index contributed by atoms with van der Waals surface area (Å²) in [5.74, 6) is 0.799. The van der Waals surface area contributed by atoms with Crippen LogP contribution in [0.3, 0.4) is 0 Å². The zero-order chi connectivity index (χ0) is 15.7. The molecule has 7 heteroatoms. The quantitative estimate of drug-likeness (QED) is 0.536. The summed E-state index contributed by atoms with van der Waals surface area (Å²) < 4.78 is 9.42. The molecule has 0 radical (unpaired) electrons. The summed E-state index contributed by atoms with van der Waals surface area (Å²) in [4.78, 5) is 5.10. The van der Waals surface area contributed by atoms with Crippen LogP contribution in [-0.2, 0) is 7.05 Å². The number of halogens is 1. The highest BCUT2D eigenvalue weighted by Gasteiger charge is 2.17. The molecular weight excluding hydrogens is 320 g/mol. The van der Waals surface area contributed by atoms with Crippen LogP contribution in [0.4, 0.5) is 5.69 Å². The molecule has 3 rings (SSSR count). The van der Waals surface area contributed by atoms with Gasteiger partial charge < -0.3 is 9.04 Å². The molecule has 0 bridgehead atoms. The van der Waals surface area contributed by atoms with Gasteiger partial charge in [0.15, 0.2) is 0 Å². The van der Waals surface area contributed by atoms with E-state index in [0.717, 1.165) is 27.2 Å². The number of anilines is 1.